The summed E-state index contributed by atoms with van der Waals surface area (Å²) in [6.07, 6.45) is -0.0953. The normalized spacial score (nSPS) is 11.8. The lowest BCUT2D eigenvalue weighted by Crippen LogP contribution is -2.52. The van der Waals surface area contributed by atoms with E-state index in [0.717, 1.165) is 6.54 Å². The number of aliphatic carboxylic acids is 1. The first kappa shape index (κ1) is 18.7. The van der Waals surface area contributed by atoms with Crippen molar-refractivity contribution >= 4 is 12.0 Å². The molecule has 20 heavy (non-hydrogen) atoms. The van der Waals surface area contributed by atoms with Crippen LogP contribution in [-0.2, 0) is 4.79 Å². The van der Waals surface area contributed by atoms with E-state index in [1.54, 1.807) is 18.7 Å². The van der Waals surface area contributed by atoms with Crippen LogP contribution in [0.15, 0.2) is 0 Å². The van der Waals surface area contributed by atoms with Gasteiger partial charge in [0.1, 0.15) is 0 Å². The molecule has 0 saturated heterocycles. The number of hydrogen-bond acceptors (Lipinski definition) is 3. The highest BCUT2D eigenvalue weighted by Crippen LogP contribution is 2.10. The lowest BCUT2D eigenvalue weighted by atomic mass is 10.0. The van der Waals surface area contributed by atoms with Crippen molar-refractivity contribution in [1.29, 1.82) is 0 Å². The zero-order valence-electron chi connectivity index (χ0n) is 13.6. The summed E-state index contributed by atoms with van der Waals surface area (Å²) in [6, 6.07) is -0.202. The average Bonchev–Trinajstić information content (AvgIpc) is 2.20. The summed E-state index contributed by atoms with van der Waals surface area (Å²) in [5, 5.41) is 11.7. The molecule has 0 bridgehead atoms. The number of carbonyl (C=O) groups is 2. The predicted molar refractivity (Wildman–Crippen MR) is 79.8 cm³/mol. The number of rotatable bonds is 8. The Kier molecular flexibility index (Phi) is 7.57. The second kappa shape index (κ2) is 8.09. The second-order valence-electron chi connectivity index (χ2n) is 6.53. The Bertz CT molecular complexity index is 328. The number of carboxylic acid groups (broad SMARTS) is 1. The summed E-state index contributed by atoms with van der Waals surface area (Å²) in [7, 11) is 3.92. The summed E-state index contributed by atoms with van der Waals surface area (Å²) in [6.45, 7) is 9.61. The Balaban J connectivity index is 4.64. The van der Waals surface area contributed by atoms with Gasteiger partial charge >= 0.3 is 12.0 Å². The molecule has 6 nitrogen and oxygen atoms in total. The van der Waals surface area contributed by atoms with E-state index in [-0.39, 0.29) is 12.5 Å². The van der Waals surface area contributed by atoms with Crippen LogP contribution in [0.25, 0.3) is 0 Å². The number of carboxylic acids is 1. The van der Waals surface area contributed by atoms with E-state index in [4.69, 9.17) is 5.11 Å². The number of nitrogens with zero attached hydrogens (tertiary/aromatic N) is 2. The van der Waals surface area contributed by atoms with Crippen LogP contribution in [0, 0.1) is 5.92 Å². The Morgan fingerprint density at radius 1 is 1.20 bits per heavy atom. The summed E-state index contributed by atoms with van der Waals surface area (Å²) in [4.78, 5) is 26.8. The summed E-state index contributed by atoms with van der Waals surface area (Å²) >= 11 is 0. The van der Waals surface area contributed by atoms with Crippen LogP contribution >= 0.6 is 0 Å². The summed E-state index contributed by atoms with van der Waals surface area (Å²) in [5.41, 5.74) is -0.754. The van der Waals surface area contributed by atoms with Crippen LogP contribution in [0.2, 0.25) is 0 Å². The molecule has 118 valence electrons. The SMILES string of the molecule is CC(C)CN(CCN(C)C)C(=O)NC(C)(C)CC(=O)O. The summed E-state index contributed by atoms with van der Waals surface area (Å²) < 4.78 is 0. The van der Waals surface area contributed by atoms with Crippen LogP contribution in [0.4, 0.5) is 4.79 Å². The molecule has 2 amide bonds. The topological polar surface area (TPSA) is 72.9 Å². The van der Waals surface area contributed by atoms with Gasteiger partial charge in [0.05, 0.1) is 6.42 Å². The van der Waals surface area contributed by atoms with Crippen molar-refractivity contribution < 1.29 is 14.7 Å². The number of amides is 2. The van der Waals surface area contributed by atoms with Gasteiger partial charge in [-0.15, -0.1) is 0 Å². The monoisotopic (exact) mass is 287 g/mol. The van der Waals surface area contributed by atoms with Crippen molar-refractivity contribution in [3.8, 4) is 0 Å². The third-order valence-electron chi connectivity index (χ3n) is 2.73. The third kappa shape index (κ3) is 8.74. The lowest BCUT2D eigenvalue weighted by molar-refractivity contribution is -0.138. The van der Waals surface area contributed by atoms with Crippen LogP contribution in [0.1, 0.15) is 34.1 Å². The van der Waals surface area contributed by atoms with Gasteiger partial charge in [-0.3, -0.25) is 4.79 Å². The predicted octanol–water partition coefficient (Wildman–Crippen LogP) is 1.47. The zero-order valence-corrected chi connectivity index (χ0v) is 13.6. The molecule has 0 saturated carbocycles. The molecule has 2 N–H and O–H groups in total. The largest absolute Gasteiger partial charge is 0.481 e. The van der Waals surface area contributed by atoms with Gasteiger partial charge in [0.2, 0.25) is 0 Å². The van der Waals surface area contributed by atoms with E-state index >= 15 is 0 Å². The highest BCUT2D eigenvalue weighted by atomic mass is 16.4. The van der Waals surface area contributed by atoms with Crippen molar-refractivity contribution in [3.63, 3.8) is 0 Å². The van der Waals surface area contributed by atoms with Gasteiger partial charge in [0.25, 0.3) is 0 Å². The molecule has 0 radical (unpaired) electrons. The Labute approximate surface area is 122 Å². The molecule has 0 heterocycles. The van der Waals surface area contributed by atoms with E-state index in [9.17, 15) is 9.59 Å². The van der Waals surface area contributed by atoms with Crippen molar-refractivity contribution in [1.82, 2.24) is 15.1 Å². The van der Waals surface area contributed by atoms with Crippen molar-refractivity contribution in [2.24, 2.45) is 5.92 Å². The second-order valence-corrected chi connectivity index (χ2v) is 6.53. The van der Waals surface area contributed by atoms with Crippen LogP contribution in [0.5, 0.6) is 0 Å². The van der Waals surface area contributed by atoms with Gasteiger partial charge in [-0.1, -0.05) is 13.8 Å². The summed E-state index contributed by atoms with van der Waals surface area (Å²) in [5.74, 6) is -0.551. The Hall–Kier alpha value is -1.30. The Morgan fingerprint density at radius 2 is 1.75 bits per heavy atom. The minimum atomic E-state index is -0.918. The van der Waals surface area contributed by atoms with Gasteiger partial charge in [0.15, 0.2) is 0 Å². The molecule has 0 aliphatic rings. The standard InChI is InChI=1S/C14H29N3O3/c1-11(2)10-17(8-7-16(5)6)13(20)15-14(3,4)9-12(18)19/h11H,7-10H2,1-6H3,(H,15,20)(H,18,19). The van der Waals surface area contributed by atoms with E-state index in [1.165, 1.54) is 0 Å². The quantitative estimate of drug-likeness (QED) is 0.709. The molecule has 0 atom stereocenters. The highest BCUT2D eigenvalue weighted by molar-refractivity contribution is 5.76. The van der Waals surface area contributed by atoms with E-state index < -0.39 is 11.5 Å². The first-order chi connectivity index (χ1) is 9.03. The Morgan fingerprint density at radius 3 is 2.15 bits per heavy atom. The van der Waals surface area contributed by atoms with Crippen molar-refractivity contribution in [2.45, 2.75) is 39.7 Å². The number of carbonyl (C=O) groups excluding carboxylic acids is 1. The molecule has 0 aliphatic heterocycles. The molecule has 0 rings (SSSR count). The van der Waals surface area contributed by atoms with Gasteiger partial charge < -0.3 is 20.2 Å². The van der Waals surface area contributed by atoms with Crippen molar-refractivity contribution in [2.75, 3.05) is 33.7 Å². The first-order valence-electron chi connectivity index (χ1n) is 6.97. The van der Waals surface area contributed by atoms with Gasteiger partial charge in [-0.2, -0.15) is 0 Å². The first-order valence-corrected chi connectivity index (χ1v) is 6.97. The maximum absolute atomic E-state index is 12.3. The average molecular weight is 287 g/mol. The maximum Gasteiger partial charge on any atom is 0.317 e. The number of hydrogen-bond donors (Lipinski definition) is 2. The van der Waals surface area contributed by atoms with E-state index in [2.05, 4.69) is 19.2 Å². The van der Waals surface area contributed by atoms with E-state index in [1.807, 2.05) is 19.0 Å². The smallest absolute Gasteiger partial charge is 0.317 e. The van der Waals surface area contributed by atoms with E-state index in [0.29, 0.717) is 19.0 Å². The van der Waals surface area contributed by atoms with Gasteiger partial charge in [-0.25, -0.2) is 4.79 Å². The minimum absolute atomic E-state index is 0.0953. The number of nitrogens with one attached hydrogen (secondary N) is 1. The lowest BCUT2D eigenvalue weighted by Gasteiger charge is -2.31. The molecule has 0 aromatic heterocycles. The van der Waals surface area contributed by atoms with Gasteiger partial charge in [0, 0.05) is 25.2 Å². The zero-order chi connectivity index (χ0) is 15.9. The molecule has 0 unspecified atom stereocenters. The maximum atomic E-state index is 12.3. The molecular weight excluding hydrogens is 258 g/mol. The van der Waals surface area contributed by atoms with Crippen LogP contribution in [-0.4, -0.2) is 66.2 Å². The number of likely N-dealkylation sites (N-methyl/N-ethyl adjacent to an activating group) is 1. The van der Waals surface area contributed by atoms with Crippen LogP contribution < -0.4 is 5.32 Å². The molecule has 0 aromatic carbocycles. The van der Waals surface area contributed by atoms with Gasteiger partial charge in [-0.05, 0) is 33.9 Å². The molecular formula is C14H29N3O3. The van der Waals surface area contributed by atoms with Crippen LogP contribution in [0.3, 0.4) is 0 Å². The third-order valence-corrected chi connectivity index (χ3v) is 2.73. The molecule has 0 spiro atoms. The minimum Gasteiger partial charge on any atom is -0.481 e. The van der Waals surface area contributed by atoms with Crippen molar-refractivity contribution in [3.05, 3.63) is 0 Å². The fraction of sp³-hybridized carbons (Fsp3) is 0.857. The number of urea groups is 1. The molecule has 0 aromatic rings. The highest BCUT2D eigenvalue weighted by Gasteiger charge is 2.26. The molecule has 0 fully saturated rings. The fourth-order valence-corrected chi connectivity index (χ4v) is 1.83. The molecule has 0 aliphatic carbocycles. The fourth-order valence-electron chi connectivity index (χ4n) is 1.83. The molecule has 6 heteroatoms.